The number of ketones is 1. The predicted octanol–water partition coefficient (Wildman–Crippen LogP) is 5.25. The highest BCUT2D eigenvalue weighted by Crippen LogP contribution is 2.39. The van der Waals surface area contributed by atoms with Crippen molar-refractivity contribution in [1.82, 2.24) is 0 Å². The van der Waals surface area contributed by atoms with Crippen LogP contribution in [0.15, 0.2) is 48.5 Å². The van der Waals surface area contributed by atoms with Crippen molar-refractivity contribution >= 4 is 11.5 Å². The lowest BCUT2D eigenvalue weighted by molar-refractivity contribution is -0.138. The highest BCUT2D eigenvalue weighted by atomic mass is 19.4. The van der Waals surface area contributed by atoms with Crippen LogP contribution < -0.4 is 4.90 Å². The van der Waals surface area contributed by atoms with E-state index >= 15 is 0 Å². The van der Waals surface area contributed by atoms with Gasteiger partial charge in [0.15, 0.2) is 5.78 Å². The van der Waals surface area contributed by atoms with Gasteiger partial charge in [-0.2, -0.15) is 13.2 Å². The van der Waals surface area contributed by atoms with Crippen LogP contribution in [0.5, 0.6) is 0 Å². The molecule has 1 saturated carbocycles. The smallest absolute Gasteiger partial charge is 0.380 e. The minimum Gasteiger partial charge on any atom is -0.380 e. The van der Waals surface area contributed by atoms with E-state index in [0.29, 0.717) is 18.2 Å². The zero-order valence-electron chi connectivity index (χ0n) is 15.7. The van der Waals surface area contributed by atoms with Gasteiger partial charge in [-0.1, -0.05) is 43.3 Å². The Balaban J connectivity index is 1.95. The first-order chi connectivity index (χ1) is 13.3. The monoisotopic (exact) mass is 391 g/mol. The largest absolute Gasteiger partial charge is 0.416 e. The summed E-state index contributed by atoms with van der Waals surface area (Å²) < 4.78 is 41.2. The van der Waals surface area contributed by atoms with Gasteiger partial charge in [-0.25, -0.2) is 0 Å². The molecule has 2 aromatic rings. The standard InChI is InChI=1S/C22H24F3NO2/c1-2-12-26(14-15-8-9-15)17-10-11-18(19(13-17)22(23,24)25)21(28)20(27)16-6-4-3-5-7-16/h3-7,10-11,13,15,21,28H,2,8-9,12,14H2,1H3. The van der Waals surface area contributed by atoms with Crippen molar-refractivity contribution in [3.63, 3.8) is 0 Å². The molecular weight excluding hydrogens is 367 g/mol. The maximum absolute atomic E-state index is 13.7. The molecule has 3 nitrogen and oxygen atoms in total. The number of hydrogen-bond donors (Lipinski definition) is 1. The number of carbonyl (C=O) groups excluding carboxylic acids is 1. The van der Waals surface area contributed by atoms with Gasteiger partial charge in [-0.05, 0) is 37.3 Å². The summed E-state index contributed by atoms with van der Waals surface area (Å²) in [5.41, 5.74) is -0.718. The molecule has 1 atom stereocenters. The number of nitrogens with zero attached hydrogens (tertiary/aromatic N) is 1. The molecule has 1 N–H and O–H groups in total. The SMILES string of the molecule is CCCN(CC1CC1)c1ccc(C(O)C(=O)c2ccccc2)c(C(F)(F)F)c1. The van der Waals surface area contributed by atoms with Crippen LogP contribution in [0.3, 0.4) is 0 Å². The summed E-state index contributed by atoms with van der Waals surface area (Å²) in [5.74, 6) is -0.215. The van der Waals surface area contributed by atoms with Crippen LogP contribution in [0.4, 0.5) is 18.9 Å². The molecule has 0 aromatic heterocycles. The van der Waals surface area contributed by atoms with Gasteiger partial charge in [0.25, 0.3) is 0 Å². The number of carbonyl (C=O) groups is 1. The molecule has 28 heavy (non-hydrogen) atoms. The average Bonchev–Trinajstić information content (AvgIpc) is 3.50. The molecule has 6 heteroatoms. The first kappa shape index (κ1) is 20.4. The van der Waals surface area contributed by atoms with E-state index in [1.807, 2.05) is 11.8 Å². The van der Waals surface area contributed by atoms with E-state index in [0.717, 1.165) is 31.9 Å². The number of Topliss-reactive ketones (excluding diaryl/α,β-unsaturated/α-hetero) is 1. The van der Waals surface area contributed by atoms with Crippen LogP contribution in [0.1, 0.15) is 53.8 Å². The average molecular weight is 391 g/mol. The Morgan fingerprint density at radius 1 is 1.18 bits per heavy atom. The molecule has 0 saturated heterocycles. The number of anilines is 1. The fourth-order valence-corrected chi connectivity index (χ4v) is 3.33. The number of benzene rings is 2. The molecule has 0 radical (unpaired) electrons. The minimum absolute atomic E-state index is 0.175. The van der Waals surface area contributed by atoms with Crippen LogP contribution in [-0.2, 0) is 6.18 Å². The van der Waals surface area contributed by atoms with E-state index in [4.69, 9.17) is 0 Å². The van der Waals surface area contributed by atoms with Gasteiger partial charge in [0.2, 0.25) is 0 Å². The third-order valence-electron chi connectivity index (χ3n) is 4.98. The quantitative estimate of drug-likeness (QED) is 0.625. The molecule has 1 aliphatic rings. The number of aliphatic hydroxyl groups excluding tert-OH is 1. The Labute approximate surface area is 162 Å². The van der Waals surface area contributed by atoms with Gasteiger partial charge in [0, 0.05) is 29.9 Å². The van der Waals surface area contributed by atoms with E-state index in [1.165, 1.54) is 18.2 Å². The van der Waals surface area contributed by atoms with Gasteiger partial charge in [-0.3, -0.25) is 4.79 Å². The predicted molar refractivity (Wildman–Crippen MR) is 102 cm³/mol. The third-order valence-corrected chi connectivity index (χ3v) is 4.98. The van der Waals surface area contributed by atoms with Crippen molar-refractivity contribution in [3.05, 3.63) is 65.2 Å². The fourth-order valence-electron chi connectivity index (χ4n) is 3.33. The summed E-state index contributed by atoms with van der Waals surface area (Å²) in [6.07, 6.45) is -3.49. The molecule has 1 aliphatic carbocycles. The normalized spacial score (nSPS) is 15.3. The van der Waals surface area contributed by atoms with Gasteiger partial charge in [0.05, 0.1) is 5.56 Å². The molecule has 0 amide bonds. The van der Waals surface area contributed by atoms with Crippen molar-refractivity contribution in [2.75, 3.05) is 18.0 Å². The Morgan fingerprint density at radius 2 is 1.86 bits per heavy atom. The Kier molecular flexibility index (Phi) is 6.08. The number of hydrogen-bond acceptors (Lipinski definition) is 3. The molecule has 0 spiro atoms. The second kappa shape index (κ2) is 8.35. The van der Waals surface area contributed by atoms with Crippen LogP contribution in [0.25, 0.3) is 0 Å². The third kappa shape index (κ3) is 4.73. The van der Waals surface area contributed by atoms with Crippen molar-refractivity contribution in [3.8, 4) is 0 Å². The number of aliphatic hydroxyl groups is 1. The van der Waals surface area contributed by atoms with Crippen molar-refractivity contribution in [2.45, 2.75) is 38.5 Å². The summed E-state index contributed by atoms with van der Waals surface area (Å²) in [4.78, 5) is 14.4. The molecule has 3 rings (SSSR count). The van der Waals surface area contributed by atoms with E-state index in [9.17, 15) is 23.1 Å². The molecule has 1 unspecified atom stereocenters. The van der Waals surface area contributed by atoms with Crippen LogP contribution in [0, 0.1) is 5.92 Å². The molecule has 0 heterocycles. The fraction of sp³-hybridized carbons (Fsp3) is 0.409. The Bertz CT molecular complexity index is 816. The first-order valence-electron chi connectivity index (χ1n) is 9.54. The van der Waals surface area contributed by atoms with E-state index in [1.54, 1.807) is 24.3 Å². The topological polar surface area (TPSA) is 40.5 Å². The van der Waals surface area contributed by atoms with Crippen molar-refractivity contribution < 1.29 is 23.1 Å². The first-order valence-corrected chi connectivity index (χ1v) is 9.54. The van der Waals surface area contributed by atoms with Gasteiger partial charge >= 0.3 is 6.18 Å². The Hall–Kier alpha value is -2.34. The molecule has 0 aliphatic heterocycles. The lowest BCUT2D eigenvalue weighted by Crippen LogP contribution is -2.27. The van der Waals surface area contributed by atoms with Gasteiger partial charge in [-0.15, -0.1) is 0 Å². The van der Waals surface area contributed by atoms with Crippen LogP contribution >= 0.6 is 0 Å². The van der Waals surface area contributed by atoms with Crippen LogP contribution in [0.2, 0.25) is 0 Å². The zero-order valence-corrected chi connectivity index (χ0v) is 15.7. The highest BCUT2D eigenvalue weighted by Gasteiger charge is 2.37. The molecular formula is C22H24F3NO2. The summed E-state index contributed by atoms with van der Waals surface area (Å²) >= 11 is 0. The summed E-state index contributed by atoms with van der Waals surface area (Å²) in [6, 6.07) is 11.7. The second-order valence-electron chi connectivity index (χ2n) is 7.29. The molecule has 0 bridgehead atoms. The van der Waals surface area contributed by atoms with Gasteiger partial charge < -0.3 is 10.0 Å². The van der Waals surface area contributed by atoms with Crippen molar-refractivity contribution in [1.29, 1.82) is 0 Å². The second-order valence-corrected chi connectivity index (χ2v) is 7.29. The number of halogens is 3. The lowest BCUT2D eigenvalue weighted by atomic mass is 9.95. The Morgan fingerprint density at radius 3 is 2.43 bits per heavy atom. The minimum atomic E-state index is -4.67. The van der Waals surface area contributed by atoms with Gasteiger partial charge in [0.1, 0.15) is 6.10 Å². The van der Waals surface area contributed by atoms with E-state index < -0.39 is 29.2 Å². The summed E-state index contributed by atoms with van der Waals surface area (Å²) in [6.45, 7) is 3.38. The molecule has 150 valence electrons. The van der Waals surface area contributed by atoms with E-state index in [2.05, 4.69) is 0 Å². The van der Waals surface area contributed by atoms with E-state index in [-0.39, 0.29) is 5.56 Å². The zero-order chi connectivity index (χ0) is 20.3. The van der Waals surface area contributed by atoms with Crippen LogP contribution in [-0.4, -0.2) is 24.0 Å². The lowest BCUT2D eigenvalue weighted by Gasteiger charge is -2.26. The number of alkyl halides is 3. The number of rotatable bonds is 8. The summed E-state index contributed by atoms with van der Waals surface area (Å²) in [7, 11) is 0. The summed E-state index contributed by atoms with van der Waals surface area (Å²) in [5, 5.41) is 10.4. The van der Waals surface area contributed by atoms with Crippen molar-refractivity contribution in [2.24, 2.45) is 5.92 Å². The maximum atomic E-state index is 13.7. The molecule has 2 aromatic carbocycles. The highest BCUT2D eigenvalue weighted by molar-refractivity contribution is 6.00. The molecule has 1 fully saturated rings. The maximum Gasteiger partial charge on any atom is 0.416 e.